The molecular weight excluding hydrogens is 228 g/mol. The second kappa shape index (κ2) is 7.74. The van der Waals surface area contributed by atoms with Crippen molar-refractivity contribution in [1.82, 2.24) is 10.2 Å². The van der Waals surface area contributed by atoms with Gasteiger partial charge in [0.1, 0.15) is 0 Å². The smallest absolute Gasteiger partial charge is 0.241 e. The molecule has 4 heteroatoms. The van der Waals surface area contributed by atoms with Gasteiger partial charge in [0.2, 0.25) is 5.91 Å². The van der Waals surface area contributed by atoms with Crippen molar-refractivity contribution < 1.29 is 9.53 Å². The molecule has 0 aliphatic carbocycles. The quantitative estimate of drug-likeness (QED) is 0.722. The van der Waals surface area contributed by atoms with Crippen LogP contribution in [0.4, 0.5) is 0 Å². The summed E-state index contributed by atoms with van der Waals surface area (Å²) >= 11 is 0. The van der Waals surface area contributed by atoms with Crippen molar-refractivity contribution in [2.75, 3.05) is 20.3 Å². The molecule has 18 heavy (non-hydrogen) atoms. The number of ether oxygens (including phenoxy) is 1. The topological polar surface area (TPSA) is 41.6 Å². The zero-order valence-corrected chi connectivity index (χ0v) is 12.2. The van der Waals surface area contributed by atoms with Crippen LogP contribution >= 0.6 is 0 Å². The first-order chi connectivity index (χ1) is 8.63. The van der Waals surface area contributed by atoms with Gasteiger partial charge in [-0.1, -0.05) is 33.6 Å². The van der Waals surface area contributed by atoms with Crippen LogP contribution in [-0.4, -0.2) is 43.3 Å². The van der Waals surface area contributed by atoms with E-state index in [1.807, 2.05) is 4.90 Å². The fraction of sp³-hybridized carbons (Fsp3) is 0.929. The molecule has 1 fully saturated rings. The van der Waals surface area contributed by atoms with Crippen LogP contribution in [0.2, 0.25) is 0 Å². The monoisotopic (exact) mass is 256 g/mol. The number of rotatable bonds is 8. The molecule has 4 nitrogen and oxygen atoms in total. The van der Waals surface area contributed by atoms with Crippen molar-refractivity contribution in [1.29, 1.82) is 0 Å². The summed E-state index contributed by atoms with van der Waals surface area (Å²) in [6.45, 7) is 7.93. The molecule has 0 bridgehead atoms. The lowest BCUT2D eigenvalue weighted by molar-refractivity contribution is -0.131. The predicted molar refractivity (Wildman–Crippen MR) is 73.3 cm³/mol. The van der Waals surface area contributed by atoms with Crippen molar-refractivity contribution in [3.05, 3.63) is 0 Å². The second-order valence-corrected chi connectivity index (χ2v) is 5.36. The number of hydrogen-bond acceptors (Lipinski definition) is 3. The average Bonchev–Trinajstić information content (AvgIpc) is 2.59. The van der Waals surface area contributed by atoms with Gasteiger partial charge < -0.3 is 9.64 Å². The van der Waals surface area contributed by atoms with Gasteiger partial charge in [-0.2, -0.15) is 0 Å². The molecule has 0 aromatic heterocycles. The molecule has 3 atom stereocenters. The standard InChI is InChI=1S/C14H28N2O2/c1-5-7-12-14(17)16(9-11(3)10-18-4)13(15-12)8-6-2/h11-13,15H,5-10H2,1-4H3. The zero-order valence-electron chi connectivity index (χ0n) is 12.2. The lowest BCUT2D eigenvalue weighted by Gasteiger charge is -2.26. The third-order valence-corrected chi connectivity index (χ3v) is 3.45. The summed E-state index contributed by atoms with van der Waals surface area (Å²) in [7, 11) is 1.71. The van der Waals surface area contributed by atoms with Gasteiger partial charge in [-0.15, -0.1) is 0 Å². The van der Waals surface area contributed by atoms with Gasteiger partial charge in [-0.25, -0.2) is 0 Å². The van der Waals surface area contributed by atoms with E-state index in [0.29, 0.717) is 12.5 Å². The van der Waals surface area contributed by atoms with E-state index in [2.05, 4.69) is 26.1 Å². The van der Waals surface area contributed by atoms with E-state index in [0.717, 1.165) is 32.2 Å². The van der Waals surface area contributed by atoms with Gasteiger partial charge in [-0.05, 0) is 18.8 Å². The zero-order chi connectivity index (χ0) is 13.5. The highest BCUT2D eigenvalue weighted by Gasteiger charge is 2.37. The fourth-order valence-electron chi connectivity index (χ4n) is 2.65. The minimum Gasteiger partial charge on any atom is -0.384 e. The number of methoxy groups -OCH3 is 1. The van der Waals surface area contributed by atoms with Crippen LogP contribution < -0.4 is 5.32 Å². The maximum Gasteiger partial charge on any atom is 0.241 e. The Kier molecular flexibility index (Phi) is 6.65. The molecule has 0 aromatic rings. The second-order valence-electron chi connectivity index (χ2n) is 5.36. The van der Waals surface area contributed by atoms with Crippen molar-refractivity contribution in [3.8, 4) is 0 Å². The van der Waals surface area contributed by atoms with E-state index >= 15 is 0 Å². The minimum atomic E-state index is 0.0290. The first kappa shape index (κ1) is 15.4. The third-order valence-electron chi connectivity index (χ3n) is 3.45. The normalized spacial score (nSPS) is 25.8. The molecule has 0 radical (unpaired) electrons. The summed E-state index contributed by atoms with van der Waals surface area (Å²) < 4.78 is 5.16. The van der Waals surface area contributed by atoms with E-state index < -0.39 is 0 Å². The van der Waals surface area contributed by atoms with Gasteiger partial charge in [0.25, 0.3) is 0 Å². The molecule has 106 valence electrons. The highest BCUT2D eigenvalue weighted by Crippen LogP contribution is 2.19. The summed E-state index contributed by atoms with van der Waals surface area (Å²) in [5.74, 6) is 0.665. The molecule has 1 aliphatic heterocycles. The Balaban J connectivity index is 2.62. The van der Waals surface area contributed by atoms with E-state index in [4.69, 9.17) is 4.74 Å². The van der Waals surface area contributed by atoms with Crippen LogP contribution in [0, 0.1) is 5.92 Å². The maximum atomic E-state index is 12.3. The molecule has 1 amide bonds. The molecule has 3 unspecified atom stereocenters. The van der Waals surface area contributed by atoms with Gasteiger partial charge in [0, 0.05) is 13.7 Å². The van der Waals surface area contributed by atoms with Crippen LogP contribution in [0.25, 0.3) is 0 Å². The largest absolute Gasteiger partial charge is 0.384 e. The third kappa shape index (κ3) is 3.95. The van der Waals surface area contributed by atoms with E-state index in [9.17, 15) is 4.79 Å². The Morgan fingerprint density at radius 2 is 2.00 bits per heavy atom. The molecule has 0 saturated carbocycles. The Morgan fingerprint density at radius 3 is 2.56 bits per heavy atom. The summed E-state index contributed by atoms with van der Waals surface area (Å²) in [5, 5.41) is 3.48. The molecule has 0 aromatic carbocycles. The van der Waals surface area contributed by atoms with E-state index in [1.165, 1.54) is 0 Å². The Hall–Kier alpha value is -0.610. The first-order valence-electron chi connectivity index (χ1n) is 7.19. The van der Waals surface area contributed by atoms with Gasteiger partial charge in [0.05, 0.1) is 18.8 Å². The number of nitrogens with zero attached hydrogens (tertiary/aromatic N) is 1. The van der Waals surface area contributed by atoms with Crippen LogP contribution in [0.15, 0.2) is 0 Å². The SMILES string of the molecule is CCCC1NC(CCC)N(CC(C)COC)C1=O. The minimum absolute atomic E-state index is 0.0290. The van der Waals surface area contributed by atoms with Crippen molar-refractivity contribution in [2.45, 2.75) is 58.7 Å². The molecule has 1 aliphatic rings. The fourth-order valence-corrected chi connectivity index (χ4v) is 2.65. The van der Waals surface area contributed by atoms with E-state index in [1.54, 1.807) is 7.11 Å². The summed E-state index contributed by atoms with van der Waals surface area (Å²) in [5.41, 5.74) is 0. The summed E-state index contributed by atoms with van der Waals surface area (Å²) in [6, 6.07) is 0.0290. The van der Waals surface area contributed by atoms with Crippen LogP contribution in [0.3, 0.4) is 0 Å². The molecule has 0 spiro atoms. The Morgan fingerprint density at radius 1 is 1.33 bits per heavy atom. The number of amides is 1. The number of carbonyl (C=O) groups excluding carboxylic acids is 1. The van der Waals surface area contributed by atoms with E-state index in [-0.39, 0.29) is 18.1 Å². The molecule has 1 rings (SSSR count). The molecule has 1 saturated heterocycles. The van der Waals surface area contributed by atoms with Crippen LogP contribution in [-0.2, 0) is 9.53 Å². The van der Waals surface area contributed by atoms with Crippen LogP contribution in [0.5, 0.6) is 0 Å². The lowest BCUT2D eigenvalue weighted by Crippen LogP contribution is -2.40. The lowest BCUT2D eigenvalue weighted by atomic mass is 10.1. The molecule has 1 N–H and O–H groups in total. The summed E-state index contributed by atoms with van der Waals surface area (Å²) in [4.78, 5) is 14.4. The summed E-state index contributed by atoms with van der Waals surface area (Å²) in [6.07, 6.45) is 4.33. The predicted octanol–water partition coefficient (Wildman–Crippen LogP) is 2.00. The molecular formula is C14H28N2O2. The average molecular weight is 256 g/mol. The Labute approximate surface area is 111 Å². The van der Waals surface area contributed by atoms with Crippen molar-refractivity contribution in [2.24, 2.45) is 5.92 Å². The van der Waals surface area contributed by atoms with Crippen molar-refractivity contribution >= 4 is 5.91 Å². The number of carbonyl (C=O) groups is 1. The number of nitrogens with one attached hydrogen (secondary N) is 1. The van der Waals surface area contributed by atoms with Crippen LogP contribution in [0.1, 0.15) is 46.5 Å². The van der Waals surface area contributed by atoms with Gasteiger partial charge in [0.15, 0.2) is 0 Å². The molecule has 1 heterocycles. The van der Waals surface area contributed by atoms with Gasteiger partial charge in [-0.3, -0.25) is 10.1 Å². The highest BCUT2D eigenvalue weighted by molar-refractivity contribution is 5.84. The van der Waals surface area contributed by atoms with Crippen molar-refractivity contribution in [3.63, 3.8) is 0 Å². The first-order valence-corrected chi connectivity index (χ1v) is 7.19. The maximum absolute atomic E-state index is 12.3. The number of hydrogen-bond donors (Lipinski definition) is 1. The Bertz CT molecular complexity index is 258. The van der Waals surface area contributed by atoms with Gasteiger partial charge >= 0.3 is 0 Å². The highest BCUT2D eigenvalue weighted by atomic mass is 16.5.